The Kier molecular flexibility index (Phi) is 5.16. The second-order valence-corrected chi connectivity index (χ2v) is 6.80. The molecule has 0 bridgehead atoms. The van der Waals surface area contributed by atoms with Crippen LogP contribution in [0.1, 0.15) is 5.01 Å². The number of sulfonamides is 1. The van der Waals surface area contributed by atoms with Crippen molar-refractivity contribution in [3.05, 3.63) is 34.8 Å². The zero-order valence-electron chi connectivity index (χ0n) is 11.7. The van der Waals surface area contributed by atoms with Crippen molar-refractivity contribution in [1.82, 2.24) is 9.71 Å². The van der Waals surface area contributed by atoms with Crippen LogP contribution in [0, 0.1) is 0 Å². The van der Waals surface area contributed by atoms with Gasteiger partial charge in [-0.05, 0) is 12.1 Å². The van der Waals surface area contributed by atoms with Gasteiger partial charge in [0.2, 0.25) is 10.0 Å². The number of nitrogens with zero attached hydrogens (tertiary/aromatic N) is 1. The molecule has 0 spiro atoms. The number of hydrogen-bond donors (Lipinski definition) is 1. The summed E-state index contributed by atoms with van der Waals surface area (Å²) in [5.74, 6) is 0.782. The third-order valence-corrected chi connectivity index (χ3v) is 5.11. The Bertz CT molecular complexity index is 684. The summed E-state index contributed by atoms with van der Waals surface area (Å²) >= 11 is 1.49. The molecule has 1 N–H and O–H groups in total. The Labute approximate surface area is 127 Å². The summed E-state index contributed by atoms with van der Waals surface area (Å²) in [4.78, 5) is 4.20. The fraction of sp³-hybridized carbons (Fsp3) is 0.308. The van der Waals surface area contributed by atoms with Crippen LogP contribution in [0.4, 0.5) is 0 Å². The zero-order chi connectivity index (χ0) is 15.3. The minimum Gasteiger partial charge on any atom is -0.497 e. The van der Waals surface area contributed by atoms with Gasteiger partial charge in [-0.1, -0.05) is 0 Å². The maximum Gasteiger partial charge on any atom is 0.244 e. The Morgan fingerprint density at radius 3 is 2.71 bits per heavy atom. The molecule has 1 aromatic carbocycles. The van der Waals surface area contributed by atoms with Gasteiger partial charge in [0.05, 0.1) is 19.2 Å². The maximum absolute atomic E-state index is 12.3. The van der Waals surface area contributed by atoms with E-state index >= 15 is 0 Å². The molecule has 0 aliphatic rings. The van der Waals surface area contributed by atoms with Gasteiger partial charge < -0.3 is 9.47 Å². The molecule has 114 valence electrons. The highest BCUT2D eigenvalue weighted by Gasteiger charge is 2.19. The molecule has 0 unspecified atom stereocenters. The SMILES string of the molecule is COc1ccc(S(=O)(=O)NCCc2nccs2)c(OC)c1. The van der Waals surface area contributed by atoms with E-state index in [9.17, 15) is 8.42 Å². The Balaban J connectivity index is 2.11. The average molecular weight is 328 g/mol. The van der Waals surface area contributed by atoms with Gasteiger partial charge in [0.25, 0.3) is 0 Å². The van der Waals surface area contributed by atoms with Crippen LogP contribution in [-0.4, -0.2) is 34.2 Å². The molecule has 0 fully saturated rings. The molecule has 8 heteroatoms. The predicted octanol–water partition coefficient (Wildman–Crippen LogP) is 1.68. The number of thiazole rings is 1. The molecule has 0 radical (unpaired) electrons. The van der Waals surface area contributed by atoms with Gasteiger partial charge >= 0.3 is 0 Å². The van der Waals surface area contributed by atoms with E-state index in [1.54, 1.807) is 12.3 Å². The van der Waals surface area contributed by atoms with E-state index in [0.29, 0.717) is 12.2 Å². The molecule has 0 aliphatic heterocycles. The molecule has 1 aromatic heterocycles. The Hall–Kier alpha value is -1.64. The van der Waals surface area contributed by atoms with E-state index in [-0.39, 0.29) is 17.2 Å². The van der Waals surface area contributed by atoms with Gasteiger partial charge in [-0.15, -0.1) is 11.3 Å². The van der Waals surface area contributed by atoms with Crippen LogP contribution in [0.25, 0.3) is 0 Å². The molecule has 6 nitrogen and oxygen atoms in total. The fourth-order valence-electron chi connectivity index (χ4n) is 1.74. The molecule has 2 rings (SSSR count). The first kappa shape index (κ1) is 15.7. The molecule has 0 atom stereocenters. The number of benzene rings is 1. The topological polar surface area (TPSA) is 77.5 Å². The molecule has 0 aliphatic carbocycles. The van der Waals surface area contributed by atoms with E-state index in [2.05, 4.69) is 9.71 Å². The van der Waals surface area contributed by atoms with Gasteiger partial charge in [0, 0.05) is 30.6 Å². The van der Waals surface area contributed by atoms with E-state index < -0.39 is 10.0 Å². The molecular formula is C13H16N2O4S2. The van der Waals surface area contributed by atoms with Crippen molar-refractivity contribution >= 4 is 21.4 Å². The fourth-order valence-corrected chi connectivity index (χ4v) is 3.54. The van der Waals surface area contributed by atoms with Crippen LogP contribution in [0.2, 0.25) is 0 Å². The highest BCUT2D eigenvalue weighted by Crippen LogP contribution is 2.28. The van der Waals surface area contributed by atoms with Gasteiger partial charge in [-0.3, -0.25) is 0 Å². The van der Waals surface area contributed by atoms with Crippen molar-refractivity contribution in [2.75, 3.05) is 20.8 Å². The van der Waals surface area contributed by atoms with Crippen molar-refractivity contribution in [3.63, 3.8) is 0 Å². The normalized spacial score (nSPS) is 11.3. The van der Waals surface area contributed by atoms with Crippen LogP contribution < -0.4 is 14.2 Å². The van der Waals surface area contributed by atoms with Gasteiger partial charge in [-0.25, -0.2) is 18.1 Å². The lowest BCUT2D eigenvalue weighted by Gasteiger charge is -2.11. The van der Waals surface area contributed by atoms with Gasteiger partial charge in [0.1, 0.15) is 16.4 Å². The summed E-state index contributed by atoms with van der Waals surface area (Å²) in [5, 5.41) is 2.75. The number of methoxy groups -OCH3 is 2. The standard InChI is InChI=1S/C13H16N2O4S2/c1-18-10-3-4-12(11(9-10)19-2)21(16,17)15-6-5-13-14-7-8-20-13/h3-4,7-9,15H,5-6H2,1-2H3. The van der Waals surface area contributed by atoms with Crippen molar-refractivity contribution in [1.29, 1.82) is 0 Å². The summed E-state index contributed by atoms with van der Waals surface area (Å²) in [6, 6.07) is 4.58. The molecule has 0 saturated heterocycles. The van der Waals surface area contributed by atoms with E-state index in [1.165, 1.54) is 37.7 Å². The van der Waals surface area contributed by atoms with Crippen LogP contribution in [-0.2, 0) is 16.4 Å². The zero-order valence-corrected chi connectivity index (χ0v) is 13.3. The molecular weight excluding hydrogens is 312 g/mol. The van der Waals surface area contributed by atoms with E-state index in [4.69, 9.17) is 9.47 Å². The average Bonchev–Trinajstić information content (AvgIpc) is 2.99. The Morgan fingerprint density at radius 2 is 2.10 bits per heavy atom. The molecule has 0 saturated carbocycles. The van der Waals surface area contributed by atoms with Gasteiger partial charge in [-0.2, -0.15) is 0 Å². The summed E-state index contributed by atoms with van der Waals surface area (Å²) in [7, 11) is -0.706. The second-order valence-electron chi connectivity index (χ2n) is 4.09. The van der Waals surface area contributed by atoms with Crippen LogP contribution in [0.15, 0.2) is 34.7 Å². The van der Waals surface area contributed by atoms with Crippen LogP contribution >= 0.6 is 11.3 Å². The summed E-state index contributed by atoms with van der Waals surface area (Å²) in [6.45, 7) is 0.283. The Morgan fingerprint density at radius 1 is 1.29 bits per heavy atom. The first-order chi connectivity index (χ1) is 10.1. The molecule has 0 amide bonds. The lowest BCUT2D eigenvalue weighted by Crippen LogP contribution is -2.26. The molecule has 1 heterocycles. The van der Waals surface area contributed by atoms with Gasteiger partial charge in [0.15, 0.2) is 0 Å². The highest BCUT2D eigenvalue weighted by atomic mass is 32.2. The second kappa shape index (κ2) is 6.88. The quantitative estimate of drug-likeness (QED) is 0.837. The third kappa shape index (κ3) is 3.93. The summed E-state index contributed by atoms with van der Waals surface area (Å²) in [6.07, 6.45) is 2.25. The number of hydrogen-bond acceptors (Lipinski definition) is 6. The number of ether oxygens (including phenoxy) is 2. The van der Waals surface area contributed by atoms with Crippen LogP contribution in [0.5, 0.6) is 11.5 Å². The molecule has 21 heavy (non-hydrogen) atoms. The lowest BCUT2D eigenvalue weighted by atomic mass is 10.3. The van der Waals surface area contributed by atoms with Crippen molar-refractivity contribution in [3.8, 4) is 11.5 Å². The monoisotopic (exact) mass is 328 g/mol. The lowest BCUT2D eigenvalue weighted by molar-refractivity contribution is 0.386. The smallest absolute Gasteiger partial charge is 0.244 e. The highest BCUT2D eigenvalue weighted by molar-refractivity contribution is 7.89. The number of aromatic nitrogens is 1. The first-order valence-corrected chi connectivity index (χ1v) is 8.53. The summed E-state index contributed by atoms with van der Waals surface area (Å²) in [5.41, 5.74) is 0. The number of nitrogens with one attached hydrogen (secondary N) is 1. The largest absolute Gasteiger partial charge is 0.497 e. The van der Waals surface area contributed by atoms with Crippen molar-refractivity contribution < 1.29 is 17.9 Å². The maximum atomic E-state index is 12.3. The minimum atomic E-state index is -3.63. The van der Waals surface area contributed by atoms with E-state index in [1.807, 2.05) is 5.38 Å². The third-order valence-electron chi connectivity index (χ3n) is 2.77. The van der Waals surface area contributed by atoms with Crippen molar-refractivity contribution in [2.24, 2.45) is 0 Å². The summed E-state index contributed by atoms with van der Waals surface area (Å²) < 4.78 is 37.3. The first-order valence-electron chi connectivity index (χ1n) is 6.17. The number of rotatable bonds is 7. The predicted molar refractivity (Wildman–Crippen MR) is 80.6 cm³/mol. The minimum absolute atomic E-state index is 0.0879. The van der Waals surface area contributed by atoms with Crippen LogP contribution in [0.3, 0.4) is 0 Å². The van der Waals surface area contributed by atoms with E-state index in [0.717, 1.165) is 5.01 Å². The van der Waals surface area contributed by atoms with Crippen molar-refractivity contribution in [2.45, 2.75) is 11.3 Å². The molecule has 2 aromatic rings.